The molecule has 0 amide bonds. The van der Waals surface area contributed by atoms with Crippen LogP contribution in [0.5, 0.6) is 0 Å². The quantitative estimate of drug-likeness (QED) is 0.832. The van der Waals surface area contributed by atoms with E-state index in [1.807, 2.05) is 13.0 Å². The molecule has 4 nitrogen and oxygen atoms in total. The van der Waals surface area contributed by atoms with Gasteiger partial charge in [-0.2, -0.15) is 5.10 Å². The van der Waals surface area contributed by atoms with Crippen LogP contribution in [0.4, 0.5) is 5.82 Å². The minimum absolute atomic E-state index is 0.396. The molecule has 0 unspecified atom stereocenters. The van der Waals surface area contributed by atoms with Crippen LogP contribution in [0, 0.1) is 12.8 Å². The van der Waals surface area contributed by atoms with E-state index in [1.54, 1.807) is 6.20 Å². The minimum atomic E-state index is 0.396. The highest BCUT2D eigenvalue weighted by atomic mass is 15.1. The molecule has 4 heteroatoms. The molecule has 0 fully saturated rings. The maximum atomic E-state index is 4.39. The van der Waals surface area contributed by atoms with Crippen LogP contribution in [0.25, 0.3) is 10.9 Å². The van der Waals surface area contributed by atoms with Gasteiger partial charge in [0.05, 0.1) is 10.9 Å². The van der Waals surface area contributed by atoms with Crippen molar-refractivity contribution in [2.75, 3.05) is 5.32 Å². The van der Waals surface area contributed by atoms with Crippen molar-refractivity contribution in [1.82, 2.24) is 15.2 Å². The second-order valence-corrected chi connectivity index (χ2v) is 4.58. The van der Waals surface area contributed by atoms with E-state index in [9.17, 15) is 0 Å². The molecule has 2 N–H and O–H groups in total. The van der Waals surface area contributed by atoms with Gasteiger partial charge in [0, 0.05) is 17.9 Å². The minimum Gasteiger partial charge on any atom is -0.367 e. The van der Waals surface area contributed by atoms with E-state index in [1.165, 1.54) is 0 Å². The third-order valence-corrected chi connectivity index (χ3v) is 3.01. The van der Waals surface area contributed by atoms with Crippen LogP contribution >= 0.6 is 0 Å². The number of aryl methyl sites for hydroxylation is 1. The predicted molar refractivity (Wildman–Crippen MR) is 66.5 cm³/mol. The highest BCUT2D eigenvalue weighted by molar-refractivity contribution is 5.91. The predicted octanol–water partition coefficient (Wildman–Crippen LogP) is 2.72. The van der Waals surface area contributed by atoms with Crippen LogP contribution < -0.4 is 5.32 Å². The number of pyridine rings is 1. The monoisotopic (exact) mass is 218 g/mol. The molecule has 2 aromatic heterocycles. The Hall–Kier alpha value is -1.58. The summed E-state index contributed by atoms with van der Waals surface area (Å²) in [6.45, 7) is 8.57. The standard InChI is InChI=1S/C12H18N4/c1-7(2)8(3)14-12-11-9(4)15-16-10(11)5-6-13-12/h5-8H,1-4H3,(H,13,14)(H,15,16)/t8-/m0/s1. The van der Waals surface area contributed by atoms with E-state index in [0.717, 1.165) is 22.4 Å². The lowest BCUT2D eigenvalue weighted by Gasteiger charge is -2.18. The summed E-state index contributed by atoms with van der Waals surface area (Å²) in [6, 6.07) is 2.32. The molecule has 2 rings (SSSR count). The fourth-order valence-corrected chi connectivity index (χ4v) is 1.61. The highest BCUT2D eigenvalue weighted by Gasteiger charge is 2.12. The van der Waals surface area contributed by atoms with E-state index in [0.29, 0.717) is 12.0 Å². The Morgan fingerprint density at radius 2 is 2.06 bits per heavy atom. The molecule has 86 valence electrons. The van der Waals surface area contributed by atoms with Crippen LogP contribution in [-0.4, -0.2) is 21.2 Å². The highest BCUT2D eigenvalue weighted by Crippen LogP contribution is 2.23. The van der Waals surface area contributed by atoms with Gasteiger partial charge in [-0.25, -0.2) is 4.98 Å². The summed E-state index contributed by atoms with van der Waals surface area (Å²) >= 11 is 0. The summed E-state index contributed by atoms with van der Waals surface area (Å²) in [5.74, 6) is 1.49. The van der Waals surface area contributed by atoms with Crippen LogP contribution in [0.2, 0.25) is 0 Å². The first kappa shape index (κ1) is 10.9. The summed E-state index contributed by atoms with van der Waals surface area (Å²) in [4.78, 5) is 4.39. The molecule has 0 aliphatic carbocycles. The van der Waals surface area contributed by atoms with Crippen molar-refractivity contribution in [3.8, 4) is 0 Å². The second kappa shape index (κ2) is 4.12. The van der Waals surface area contributed by atoms with E-state index >= 15 is 0 Å². The van der Waals surface area contributed by atoms with Crippen LogP contribution in [0.1, 0.15) is 26.5 Å². The first-order valence-electron chi connectivity index (χ1n) is 5.66. The SMILES string of the molecule is Cc1[nH]nc2ccnc(N[C@@H](C)C(C)C)c12. The first-order valence-corrected chi connectivity index (χ1v) is 5.66. The lowest BCUT2D eigenvalue weighted by Crippen LogP contribution is -2.22. The second-order valence-electron chi connectivity index (χ2n) is 4.58. The van der Waals surface area contributed by atoms with Gasteiger partial charge < -0.3 is 5.32 Å². The molecule has 0 bridgehead atoms. The maximum Gasteiger partial charge on any atom is 0.137 e. The Morgan fingerprint density at radius 3 is 2.75 bits per heavy atom. The summed E-state index contributed by atoms with van der Waals surface area (Å²) in [5.41, 5.74) is 2.02. The molecule has 1 atom stereocenters. The zero-order valence-corrected chi connectivity index (χ0v) is 10.2. The van der Waals surface area contributed by atoms with Gasteiger partial charge in [0.15, 0.2) is 0 Å². The van der Waals surface area contributed by atoms with Crippen molar-refractivity contribution in [3.63, 3.8) is 0 Å². The molecule has 0 spiro atoms. The van der Waals surface area contributed by atoms with Crippen molar-refractivity contribution >= 4 is 16.7 Å². The molecular weight excluding hydrogens is 200 g/mol. The third-order valence-electron chi connectivity index (χ3n) is 3.01. The van der Waals surface area contributed by atoms with Gasteiger partial charge in [-0.05, 0) is 25.8 Å². The Kier molecular flexibility index (Phi) is 2.81. The number of hydrogen-bond donors (Lipinski definition) is 2. The summed E-state index contributed by atoms with van der Waals surface area (Å²) in [5, 5.41) is 11.7. The van der Waals surface area contributed by atoms with Gasteiger partial charge in [-0.15, -0.1) is 0 Å². The van der Waals surface area contributed by atoms with E-state index in [2.05, 4.69) is 41.3 Å². The molecule has 0 aliphatic rings. The lowest BCUT2D eigenvalue weighted by atomic mass is 10.1. The molecule has 2 aromatic rings. The zero-order valence-electron chi connectivity index (χ0n) is 10.2. The zero-order chi connectivity index (χ0) is 11.7. The van der Waals surface area contributed by atoms with Gasteiger partial charge in [-0.1, -0.05) is 13.8 Å². The van der Waals surface area contributed by atoms with Crippen molar-refractivity contribution < 1.29 is 0 Å². The first-order chi connectivity index (χ1) is 7.59. The fourth-order valence-electron chi connectivity index (χ4n) is 1.61. The van der Waals surface area contributed by atoms with Gasteiger partial charge in [0.1, 0.15) is 5.82 Å². The van der Waals surface area contributed by atoms with Crippen molar-refractivity contribution in [1.29, 1.82) is 0 Å². The number of nitrogens with one attached hydrogen (secondary N) is 2. The summed E-state index contributed by atoms with van der Waals surface area (Å²) in [6.07, 6.45) is 1.79. The summed E-state index contributed by atoms with van der Waals surface area (Å²) in [7, 11) is 0. The van der Waals surface area contributed by atoms with Crippen molar-refractivity contribution in [3.05, 3.63) is 18.0 Å². The third kappa shape index (κ3) is 1.87. The van der Waals surface area contributed by atoms with Gasteiger partial charge in [0.2, 0.25) is 0 Å². The van der Waals surface area contributed by atoms with E-state index < -0.39 is 0 Å². The molecule has 0 radical (unpaired) electrons. The van der Waals surface area contributed by atoms with E-state index in [4.69, 9.17) is 0 Å². The number of aromatic nitrogens is 3. The number of hydrogen-bond acceptors (Lipinski definition) is 3. The lowest BCUT2D eigenvalue weighted by molar-refractivity contribution is 0.559. The Labute approximate surface area is 95.5 Å². The van der Waals surface area contributed by atoms with Crippen LogP contribution in [0.15, 0.2) is 12.3 Å². The van der Waals surface area contributed by atoms with Gasteiger partial charge in [-0.3, -0.25) is 5.10 Å². The molecule has 0 saturated heterocycles. The average Bonchev–Trinajstić information content (AvgIpc) is 2.61. The Bertz CT molecular complexity index is 487. The molecule has 0 aliphatic heterocycles. The summed E-state index contributed by atoms with van der Waals surface area (Å²) < 4.78 is 0. The Morgan fingerprint density at radius 1 is 1.31 bits per heavy atom. The average molecular weight is 218 g/mol. The smallest absolute Gasteiger partial charge is 0.137 e. The molecule has 2 heterocycles. The Balaban J connectivity index is 2.40. The number of aromatic amines is 1. The van der Waals surface area contributed by atoms with Gasteiger partial charge >= 0.3 is 0 Å². The fraction of sp³-hybridized carbons (Fsp3) is 0.500. The largest absolute Gasteiger partial charge is 0.367 e. The molecular formula is C12H18N4. The molecule has 16 heavy (non-hydrogen) atoms. The topological polar surface area (TPSA) is 53.6 Å². The number of H-pyrrole nitrogens is 1. The molecule has 0 saturated carbocycles. The van der Waals surface area contributed by atoms with Crippen molar-refractivity contribution in [2.24, 2.45) is 5.92 Å². The van der Waals surface area contributed by atoms with Crippen LogP contribution in [-0.2, 0) is 0 Å². The van der Waals surface area contributed by atoms with Crippen molar-refractivity contribution in [2.45, 2.75) is 33.7 Å². The normalized spacial score (nSPS) is 13.3. The maximum absolute atomic E-state index is 4.39. The number of nitrogens with zero attached hydrogens (tertiary/aromatic N) is 2. The van der Waals surface area contributed by atoms with Gasteiger partial charge in [0.25, 0.3) is 0 Å². The number of fused-ring (bicyclic) bond motifs is 1. The van der Waals surface area contributed by atoms with E-state index in [-0.39, 0.29) is 0 Å². The number of rotatable bonds is 3. The number of anilines is 1. The molecule has 0 aromatic carbocycles. The van der Waals surface area contributed by atoms with Crippen LogP contribution in [0.3, 0.4) is 0 Å².